The van der Waals surface area contributed by atoms with E-state index in [-0.39, 0.29) is 0 Å². The van der Waals surface area contributed by atoms with Crippen LogP contribution in [0.4, 0.5) is 0 Å². The van der Waals surface area contributed by atoms with E-state index in [0.717, 1.165) is 36.6 Å². The SMILES string of the molecule is [CH2-]CCCC#C[Si](C)(C)C.[Cl][Zn+]. The van der Waals surface area contributed by atoms with Crippen LogP contribution in [-0.4, -0.2) is 8.07 Å². The van der Waals surface area contributed by atoms with E-state index in [1.165, 1.54) is 0 Å². The van der Waals surface area contributed by atoms with Gasteiger partial charge in [0.2, 0.25) is 0 Å². The Hall–Kier alpha value is 0.690. The molecule has 0 amide bonds. The molecular formula is C9H17ClSiZn. The molecule has 0 saturated carbocycles. The standard InChI is InChI=1S/C9H17Si.ClH.Zn/c1-5-6-7-8-9-10(2,3)4;;/h1,5-7H2,2-4H3;1H;/q-1;;+2/p-1. The molecule has 0 aromatic carbocycles. The van der Waals surface area contributed by atoms with Crippen molar-refractivity contribution in [3.05, 3.63) is 6.92 Å². The maximum atomic E-state index is 4.76. The van der Waals surface area contributed by atoms with Crippen molar-refractivity contribution in [3.63, 3.8) is 0 Å². The van der Waals surface area contributed by atoms with Gasteiger partial charge in [-0.3, -0.25) is 0 Å². The first-order valence-corrected chi connectivity index (χ1v) is 11.5. The van der Waals surface area contributed by atoms with Crippen molar-refractivity contribution in [1.29, 1.82) is 0 Å². The van der Waals surface area contributed by atoms with Crippen LogP contribution in [0.1, 0.15) is 19.3 Å². The van der Waals surface area contributed by atoms with E-state index in [4.69, 9.17) is 9.69 Å². The van der Waals surface area contributed by atoms with E-state index in [1.807, 2.05) is 0 Å². The third-order valence-electron chi connectivity index (χ3n) is 1.02. The summed E-state index contributed by atoms with van der Waals surface area (Å²) in [5.74, 6) is 3.20. The molecule has 0 spiro atoms. The van der Waals surface area contributed by atoms with Crippen LogP contribution >= 0.6 is 9.69 Å². The van der Waals surface area contributed by atoms with Crippen LogP contribution in [0.5, 0.6) is 0 Å². The fourth-order valence-electron chi connectivity index (χ4n) is 0.541. The molecule has 0 radical (unpaired) electrons. The Labute approximate surface area is 92.2 Å². The summed E-state index contributed by atoms with van der Waals surface area (Å²) in [7, 11) is 3.68. The monoisotopic (exact) mass is 252 g/mol. The Bertz CT molecular complexity index is 141. The summed E-state index contributed by atoms with van der Waals surface area (Å²) >= 11 is 0.847. The van der Waals surface area contributed by atoms with Gasteiger partial charge >= 0.3 is 27.0 Å². The van der Waals surface area contributed by atoms with Crippen molar-refractivity contribution in [3.8, 4) is 11.5 Å². The first-order valence-electron chi connectivity index (χ1n) is 4.12. The van der Waals surface area contributed by atoms with Gasteiger partial charge < -0.3 is 6.92 Å². The van der Waals surface area contributed by atoms with Gasteiger partial charge in [0, 0.05) is 6.42 Å². The molecule has 66 valence electrons. The van der Waals surface area contributed by atoms with Crippen LogP contribution in [0.3, 0.4) is 0 Å². The van der Waals surface area contributed by atoms with Crippen molar-refractivity contribution in [2.24, 2.45) is 0 Å². The second kappa shape index (κ2) is 9.78. The summed E-state index contributed by atoms with van der Waals surface area (Å²) in [4.78, 5) is 0. The van der Waals surface area contributed by atoms with Crippen LogP contribution in [0, 0.1) is 18.4 Å². The minimum atomic E-state index is -1.09. The van der Waals surface area contributed by atoms with E-state index in [1.54, 1.807) is 0 Å². The van der Waals surface area contributed by atoms with E-state index >= 15 is 0 Å². The molecule has 0 aliphatic carbocycles. The molecule has 0 bridgehead atoms. The summed E-state index contributed by atoms with van der Waals surface area (Å²) < 4.78 is 0. The predicted octanol–water partition coefficient (Wildman–Crippen LogP) is 3.56. The van der Waals surface area contributed by atoms with Crippen molar-refractivity contribution in [2.45, 2.75) is 38.9 Å². The second-order valence-corrected chi connectivity index (χ2v) is 8.26. The first-order chi connectivity index (χ1) is 5.56. The van der Waals surface area contributed by atoms with Crippen molar-refractivity contribution >= 4 is 17.8 Å². The van der Waals surface area contributed by atoms with Gasteiger partial charge in [0.1, 0.15) is 8.07 Å². The molecule has 0 aliphatic rings. The van der Waals surface area contributed by atoms with Crippen LogP contribution in [0.15, 0.2) is 0 Å². The molecule has 0 saturated heterocycles. The number of halogens is 1. The number of hydrogen-bond acceptors (Lipinski definition) is 0. The Balaban J connectivity index is 0. The quantitative estimate of drug-likeness (QED) is 0.306. The van der Waals surface area contributed by atoms with Crippen molar-refractivity contribution in [1.82, 2.24) is 0 Å². The third-order valence-corrected chi connectivity index (χ3v) is 1.94. The zero-order chi connectivity index (χ0) is 10.0. The molecule has 3 heteroatoms. The fraction of sp³-hybridized carbons (Fsp3) is 0.667. The summed E-state index contributed by atoms with van der Waals surface area (Å²) in [5.41, 5.74) is 3.32. The van der Waals surface area contributed by atoms with E-state index < -0.39 is 8.07 Å². The second-order valence-electron chi connectivity index (χ2n) is 3.51. The van der Waals surface area contributed by atoms with Crippen LogP contribution in [-0.2, 0) is 17.3 Å². The maximum absolute atomic E-state index is 4.76. The molecule has 0 aliphatic heterocycles. The van der Waals surface area contributed by atoms with Gasteiger partial charge in [0.05, 0.1) is 0 Å². The van der Waals surface area contributed by atoms with Crippen LogP contribution < -0.4 is 0 Å². The molecule has 0 unspecified atom stereocenters. The van der Waals surface area contributed by atoms with Gasteiger partial charge in [-0.1, -0.05) is 26.1 Å². The Kier molecular flexibility index (Phi) is 12.4. The van der Waals surface area contributed by atoms with Gasteiger partial charge in [0.15, 0.2) is 0 Å². The zero-order valence-corrected chi connectivity index (χ0v) is 13.1. The van der Waals surface area contributed by atoms with Gasteiger partial charge in [0.25, 0.3) is 0 Å². The zero-order valence-electron chi connectivity index (χ0n) is 8.41. The summed E-state index contributed by atoms with van der Waals surface area (Å²) in [5, 5.41) is 0. The normalized spacial score (nSPS) is 9.25. The van der Waals surface area contributed by atoms with E-state index in [9.17, 15) is 0 Å². The summed E-state index contributed by atoms with van der Waals surface area (Å²) in [6.07, 6.45) is 3.20. The number of hydrogen-bond donors (Lipinski definition) is 0. The molecular weight excluding hydrogens is 237 g/mol. The third kappa shape index (κ3) is 17.0. The van der Waals surface area contributed by atoms with Crippen LogP contribution in [0.25, 0.3) is 0 Å². The predicted molar refractivity (Wildman–Crippen MR) is 56.2 cm³/mol. The summed E-state index contributed by atoms with van der Waals surface area (Å²) in [6.45, 7) is 10.6. The molecule has 0 aromatic rings. The number of rotatable bonds is 2. The van der Waals surface area contributed by atoms with Gasteiger partial charge in [-0.25, -0.2) is 0 Å². The first kappa shape index (κ1) is 15.2. The summed E-state index contributed by atoms with van der Waals surface area (Å²) in [6, 6.07) is 0. The van der Waals surface area contributed by atoms with E-state index in [2.05, 4.69) is 38.0 Å². The van der Waals surface area contributed by atoms with E-state index in [0.29, 0.717) is 0 Å². The van der Waals surface area contributed by atoms with Crippen molar-refractivity contribution in [2.75, 3.05) is 0 Å². The molecule has 12 heavy (non-hydrogen) atoms. The average Bonchev–Trinajstić information content (AvgIpc) is 2.01. The molecule has 0 heterocycles. The Morgan fingerprint density at radius 1 is 1.33 bits per heavy atom. The van der Waals surface area contributed by atoms with Gasteiger partial charge in [-0.15, -0.1) is 11.5 Å². The molecule has 0 rings (SSSR count). The van der Waals surface area contributed by atoms with Crippen LogP contribution in [0.2, 0.25) is 19.6 Å². The molecule has 0 aromatic heterocycles. The van der Waals surface area contributed by atoms with Gasteiger partial charge in [-0.05, 0) is 0 Å². The molecule has 0 N–H and O–H groups in total. The Morgan fingerprint density at radius 3 is 2.17 bits per heavy atom. The van der Waals surface area contributed by atoms with Crippen molar-refractivity contribution < 1.29 is 17.3 Å². The topological polar surface area (TPSA) is 0 Å². The fourth-order valence-corrected chi connectivity index (χ4v) is 1.20. The van der Waals surface area contributed by atoms with Gasteiger partial charge in [-0.2, -0.15) is 6.42 Å². The molecule has 0 nitrogen and oxygen atoms in total. The molecule has 0 atom stereocenters. The average molecular weight is 254 g/mol. The molecule has 0 fully saturated rings. The Morgan fingerprint density at radius 2 is 1.83 bits per heavy atom. The number of unbranched alkanes of at least 4 members (excludes halogenated alkanes) is 2. The minimum absolute atomic E-state index is 0.847.